The van der Waals surface area contributed by atoms with Crippen LogP contribution in [0.5, 0.6) is 0 Å². The van der Waals surface area contributed by atoms with Gasteiger partial charge in [-0.1, -0.05) is 30.3 Å². The Morgan fingerprint density at radius 1 is 1.14 bits per heavy atom. The SMILES string of the molecule is O=C(c1ncc(CCCc2ccccc2)[nH]1)N1CCCC1. The quantitative estimate of drug-likeness (QED) is 0.917. The number of aryl methyl sites for hydroxylation is 2. The van der Waals surface area contributed by atoms with Crippen LogP contribution in [0.1, 0.15) is 41.1 Å². The second-order valence-electron chi connectivity index (χ2n) is 5.60. The van der Waals surface area contributed by atoms with Gasteiger partial charge < -0.3 is 9.88 Å². The third-order valence-corrected chi connectivity index (χ3v) is 3.98. The fourth-order valence-electron chi connectivity index (χ4n) is 2.79. The minimum absolute atomic E-state index is 0.0433. The molecule has 1 aliphatic heterocycles. The van der Waals surface area contributed by atoms with Crippen LogP contribution in [0, 0.1) is 0 Å². The molecule has 0 unspecified atom stereocenters. The molecule has 1 N–H and O–H groups in total. The van der Waals surface area contributed by atoms with Gasteiger partial charge in [0.25, 0.3) is 5.91 Å². The van der Waals surface area contributed by atoms with Gasteiger partial charge in [-0.3, -0.25) is 4.79 Å². The van der Waals surface area contributed by atoms with E-state index in [0.29, 0.717) is 5.82 Å². The normalized spacial score (nSPS) is 14.6. The first kappa shape index (κ1) is 13.9. The molecule has 0 spiro atoms. The van der Waals surface area contributed by atoms with Crippen molar-refractivity contribution < 1.29 is 4.79 Å². The number of aromatic nitrogens is 2. The van der Waals surface area contributed by atoms with Crippen LogP contribution in [0.3, 0.4) is 0 Å². The van der Waals surface area contributed by atoms with Crippen molar-refractivity contribution in [3.05, 3.63) is 53.6 Å². The standard InChI is InChI=1S/C17H21N3O/c21-17(20-11-4-5-12-20)16-18-13-15(19-16)10-6-9-14-7-2-1-3-8-14/h1-3,7-8,13H,4-6,9-12H2,(H,18,19). The molecule has 1 saturated heterocycles. The minimum atomic E-state index is 0.0433. The van der Waals surface area contributed by atoms with Gasteiger partial charge in [0, 0.05) is 25.0 Å². The summed E-state index contributed by atoms with van der Waals surface area (Å²) >= 11 is 0. The number of imidazole rings is 1. The van der Waals surface area contributed by atoms with E-state index in [4.69, 9.17) is 0 Å². The zero-order chi connectivity index (χ0) is 14.5. The van der Waals surface area contributed by atoms with Crippen LogP contribution in [0.15, 0.2) is 36.5 Å². The van der Waals surface area contributed by atoms with Crippen LogP contribution in [-0.2, 0) is 12.8 Å². The highest BCUT2D eigenvalue weighted by atomic mass is 16.2. The van der Waals surface area contributed by atoms with E-state index in [0.717, 1.165) is 50.9 Å². The Bertz CT molecular complexity index is 585. The molecule has 4 heteroatoms. The molecular formula is C17H21N3O. The molecule has 1 aromatic carbocycles. The number of aromatic amines is 1. The van der Waals surface area contributed by atoms with Gasteiger partial charge in [0.15, 0.2) is 5.82 Å². The predicted octanol–water partition coefficient (Wildman–Crippen LogP) is 2.82. The van der Waals surface area contributed by atoms with Crippen LogP contribution < -0.4 is 0 Å². The first-order chi connectivity index (χ1) is 10.3. The van der Waals surface area contributed by atoms with E-state index in [1.165, 1.54) is 5.56 Å². The Balaban J connectivity index is 1.52. The van der Waals surface area contributed by atoms with Crippen molar-refractivity contribution in [1.82, 2.24) is 14.9 Å². The van der Waals surface area contributed by atoms with Gasteiger partial charge in [-0.25, -0.2) is 4.98 Å². The summed E-state index contributed by atoms with van der Waals surface area (Å²) in [5, 5.41) is 0. The highest BCUT2D eigenvalue weighted by Crippen LogP contribution is 2.12. The lowest BCUT2D eigenvalue weighted by Crippen LogP contribution is -2.28. The number of carbonyl (C=O) groups excluding carboxylic acids is 1. The molecule has 2 aromatic rings. The van der Waals surface area contributed by atoms with E-state index in [1.54, 1.807) is 6.20 Å². The number of H-pyrrole nitrogens is 1. The molecule has 1 aromatic heterocycles. The molecule has 0 bridgehead atoms. The van der Waals surface area contributed by atoms with Crippen LogP contribution in [0.25, 0.3) is 0 Å². The number of hydrogen-bond donors (Lipinski definition) is 1. The maximum Gasteiger partial charge on any atom is 0.289 e. The van der Waals surface area contributed by atoms with E-state index in [-0.39, 0.29) is 5.91 Å². The summed E-state index contributed by atoms with van der Waals surface area (Å²) in [5.41, 5.74) is 2.40. The molecule has 4 nitrogen and oxygen atoms in total. The number of nitrogens with one attached hydrogen (secondary N) is 1. The Labute approximate surface area is 125 Å². The van der Waals surface area contributed by atoms with Crippen molar-refractivity contribution >= 4 is 5.91 Å². The van der Waals surface area contributed by atoms with Crippen molar-refractivity contribution in [3.63, 3.8) is 0 Å². The van der Waals surface area contributed by atoms with Crippen molar-refractivity contribution in [2.24, 2.45) is 0 Å². The Kier molecular flexibility index (Phi) is 4.34. The smallest absolute Gasteiger partial charge is 0.289 e. The van der Waals surface area contributed by atoms with Crippen LogP contribution >= 0.6 is 0 Å². The predicted molar refractivity (Wildman–Crippen MR) is 82.2 cm³/mol. The summed E-state index contributed by atoms with van der Waals surface area (Å²) < 4.78 is 0. The summed E-state index contributed by atoms with van der Waals surface area (Å²) in [5.74, 6) is 0.536. The molecule has 110 valence electrons. The van der Waals surface area contributed by atoms with Gasteiger partial charge in [-0.05, 0) is 37.7 Å². The molecule has 3 rings (SSSR count). The van der Waals surface area contributed by atoms with E-state index in [9.17, 15) is 4.79 Å². The molecule has 1 amide bonds. The van der Waals surface area contributed by atoms with Crippen molar-refractivity contribution in [1.29, 1.82) is 0 Å². The van der Waals surface area contributed by atoms with Gasteiger partial charge in [0.05, 0.1) is 0 Å². The van der Waals surface area contributed by atoms with Crippen molar-refractivity contribution in [2.75, 3.05) is 13.1 Å². The Hall–Kier alpha value is -2.10. The number of hydrogen-bond acceptors (Lipinski definition) is 2. The Morgan fingerprint density at radius 2 is 1.90 bits per heavy atom. The van der Waals surface area contributed by atoms with Crippen LogP contribution in [-0.4, -0.2) is 33.9 Å². The van der Waals surface area contributed by atoms with Crippen LogP contribution in [0.4, 0.5) is 0 Å². The highest BCUT2D eigenvalue weighted by molar-refractivity contribution is 5.90. The highest BCUT2D eigenvalue weighted by Gasteiger charge is 2.21. The number of rotatable bonds is 5. The largest absolute Gasteiger partial charge is 0.338 e. The average Bonchev–Trinajstić information content (AvgIpc) is 3.19. The fourth-order valence-corrected chi connectivity index (χ4v) is 2.79. The molecular weight excluding hydrogens is 262 g/mol. The van der Waals surface area contributed by atoms with Gasteiger partial charge in [-0.15, -0.1) is 0 Å². The minimum Gasteiger partial charge on any atom is -0.338 e. The van der Waals surface area contributed by atoms with E-state index >= 15 is 0 Å². The molecule has 21 heavy (non-hydrogen) atoms. The fraction of sp³-hybridized carbons (Fsp3) is 0.412. The summed E-state index contributed by atoms with van der Waals surface area (Å²) in [6.07, 6.45) is 7.05. The van der Waals surface area contributed by atoms with E-state index in [1.807, 2.05) is 11.0 Å². The third-order valence-electron chi connectivity index (χ3n) is 3.98. The molecule has 0 aliphatic carbocycles. The van der Waals surface area contributed by atoms with Crippen molar-refractivity contribution in [3.8, 4) is 0 Å². The molecule has 2 heterocycles. The molecule has 0 radical (unpaired) electrons. The average molecular weight is 283 g/mol. The number of likely N-dealkylation sites (tertiary alicyclic amines) is 1. The first-order valence-electron chi connectivity index (χ1n) is 7.70. The maximum absolute atomic E-state index is 12.2. The number of nitrogens with zero attached hydrogens (tertiary/aromatic N) is 2. The molecule has 1 fully saturated rings. The molecule has 0 saturated carbocycles. The summed E-state index contributed by atoms with van der Waals surface area (Å²) in [4.78, 5) is 21.5. The first-order valence-corrected chi connectivity index (χ1v) is 7.70. The van der Waals surface area contributed by atoms with Gasteiger partial charge in [0.1, 0.15) is 0 Å². The van der Waals surface area contributed by atoms with Crippen molar-refractivity contribution in [2.45, 2.75) is 32.1 Å². The zero-order valence-electron chi connectivity index (χ0n) is 12.2. The third kappa shape index (κ3) is 3.51. The number of benzene rings is 1. The monoisotopic (exact) mass is 283 g/mol. The molecule has 0 atom stereocenters. The van der Waals surface area contributed by atoms with Crippen LogP contribution in [0.2, 0.25) is 0 Å². The number of carbonyl (C=O) groups is 1. The summed E-state index contributed by atoms with van der Waals surface area (Å²) in [6, 6.07) is 10.5. The second kappa shape index (κ2) is 6.57. The lowest BCUT2D eigenvalue weighted by molar-refractivity contribution is 0.0781. The van der Waals surface area contributed by atoms with Gasteiger partial charge in [0.2, 0.25) is 0 Å². The lowest BCUT2D eigenvalue weighted by Gasteiger charge is -2.12. The lowest BCUT2D eigenvalue weighted by atomic mass is 10.1. The topological polar surface area (TPSA) is 49.0 Å². The summed E-state index contributed by atoms with van der Waals surface area (Å²) in [6.45, 7) is 1.73. The molecule has 1 aliphatic rings. The van der Waals surface area contributed by atoms with Gasteiger partial charge >= 0.3 is 0 Å². The maximum atomic E-state index is 12.2. The summed E-state index contributed by atoms with van der Waals surface area (Å²) in [7, 11) is 0. The van der Waals surface area contributed by atoms with Gasteiger partial charge in [-0.2, -0.15) is 0 Å². The Morgan fingerprint density at radius 3 is 2.67 bits per heavy atom. The second-order valence-corrected chi connectivity index (χ2v) is 5.60. The zero-order valence-corrected chi connectivity index (χ0v) is 12.2. The number of amides is 1. The van der Waals surface area contributed by atoms with E-state index < -0.39 is 0 Å². The van der Waals surface area contributed by atoms with E-state index in [2.05, 4.69) is 34.2 Å².